The Bertz CT molecular complexity index is 1080. The van der Waals surface area contributed by atoms with Crippen LogP contribution in [0.5, 0.6) is 5.75 Å². The first-order valence-electron chi connectivity index (χ1n) is 10.0. The molecule has 8 heteroatoms. The van der Waals surface area contributed by atoms with Gasteiger partial charge in [-0.25, -0.2) is 0 Å². The third-order valence-electron chi connectivity index (χ3n) is 5.55. The molecule has 0 amide bonds. The lowest BCUT2D eigenvalue weighted by Crippen LogP contribution is -3.14. The summed E-state index contributed by atoms with van der Waals surface area (Å²) < 4.78 is 9.79. The number of ether oxygens (including phenoxy) is 1. The van der Waals surface area contributed by atoms with E-state index < -0.39 is 0 Å². The summed E-state index contributed by atoms with van der Waals surface area (Å²) in [5, 5.41) is 4.51. The van der Waals surface area contributed by atoms with E-state index in [1.165, 1.54) is 4.90 Å². The van der Waals surface area contributed by atoms with Gasteiger partial charge in [0, 0.05) is 17.3 Å². The second-order valence-electron chi connectivity index (χ2n) is 7.48. The number of nitrogens with zero attached hydrogens (tertiary/aromatic N) is 4. The molecule has 0 bridgehead atoms. The first-order valence-corrected chi connectivity index (χ1v) is 10.4. The maximum absolute atomic E-state index is 11.5. The molecule has 0 unspecified atom stereocenters. The lowest BCUT2D eigenvalue weighted by atomic mass is 10.1. The maximum atomic E-state index is 11.5. The lowest BCUT2D eigenvalue weighted by molar-refractivity contribution is -0.924. The van der Waals surface area contributed by atoms with Crippen molar-refractivity contribution in [1.29, 1.82) is 0 Å². The Balaban J connectivity index is 1.39. The highest BCUT2D eigenvalue weighted by atomic mass is 32.1. The lowest BCUT2D eigenvalue weighted by Gasteiger charge is -2.33. The number of nitrogens with one attached hydrogen (secondary N) is 1. The van der Waals surface area contributed by atoms with Crippen molar-refractivity contribution in [3.8, 4) is 11.4 Å². The van der Waals surface area contributed by atoms with Gasteiger partial charge in [0.2, 0.25) is 4.77 Å². The Labute approximate surface area is 181 Å². The first kappa shape index (κ1) is 20.3. The van der Waals surface area contributed by atoms with Crippen LogP contribution in [0.1, 0.15) is 17.3 Å². The molecule has 1 aromatic heterocycles. The van der Waals surface area contributed by atoms with Crippen LogP contribution in [0, 0.1) is 4.77 Å². The number of benzene rings is 2. The van der Waals surface area contributed by atoms with Crippen molar-refractivity contribution in [3.05, 3.63) is 65.2 Å². The normalized spacial score (nSPS) is 14.7. The minimum atomic E-state index is 0.0981. The van der Waals surface area contributed by atoms with Crippen molar-refractivity contribution in [2.45, 2.75) is 13.6 Å². The number of anilines is 1. The van der Waals surface area contributed by atoms with Gasteiger partial charge in [0.1, 0.15) is 12.1 Å². The largest absolute Gasteiger partial charge is 0.497 e. The third-order valence-corrected chi connectivity index (χ3v) is 5.96. The van der Waals surface area contributed by atoms with E-state index in [0.717, 1.165) is 55.5 Å². The zero-order valence-electron chi connectivity index (χ0n) is 17.2. The van der Waals surface area contributed by atoms with Gasteiger partial charge < -0.3 is 14.5 Å². The van der Waals surface area contributed by atoms with E-state index in [1.807, 2.05) is 57.8 Å². The van der Waals surface area contributed by atoms with E-state index in [1.54, 1.807) is 20.4 Å². The minimum absolute atomic E-state index is 0.0981. The fourth-order valence-corrected chi connectivity index (χ4v) is 4.01. The fraction of sp³-hybridized carbons (Fsp3) is 0.318. The Kier molecular flexibility index (Phi) is 5.96. The molecule has 1 aliphatic rings. The van der Waals surface area contributed by atoms with Crippen molar-refractivity contribution in [2.24, 2.45) is 0 Å². The zero-order valence-corrected chi connectivity index (χ0v) is 18.1. The Morgan fingerprint density at radius 2 is 1.87 bits per heavy atom. The predicted octanol–water partition coefficient (Wildman–Crippen LogP) is 1.98. The number of hydrogen-bond donors (Lipinski definition) is 1. The molecule has 2 aromatic carbocycles. The van der Waals surface area contributed by atoms with Crippen LogP contribution < -0.4 is 14.5 Å². The summed E-state index contributed by atoms with van der Waals surface area (Å²) >= 11 is 5.66. The van der Waals surface area contributed by atoms with E-state index in [0.29, 0.717) is 4.77 Å². The number of quaternary nitrogens is 1. The van der Waals surface area contributed by atoms with Gasteiger partial charge in [-0.1, -0.05) is 6.07 Å². The van der Waals surface area contributed by atoms with Crippen LogP contribution in [-0.4, -0.2) is 53.4 Å². The molecule has 0 spiro atoms. The molecule has 1 aliphatic heterocycles. The maximum Gasteiger partial charge on any atom is 0.207 e. The Morgan fingerprint density at radius 1 is 1.13 bits per heavy atom. The molecular formula is C22H26N5O2S+. The standard InChI is InChI=1S/C22H25N5O2S/c1-17(28)18-6-8-19(9-7-18)25-12-10-24(11-13-25)16-27-22(30)26(15-23-27)20-4-3-5-21(14-20)29-2/h3-9,14-15H,10-13,16H2,1-2H3/p+1. The van der Waals surface area contributed by atoms with Crippen LogP contribution >= 0.6 is 12.2 Å². The fourth-order valence-electron chi connectivity index (χ4n) is 3.74. The zero-order chi connectivity index (χ0) is 21.1. The smallest absolute Gasteiger partial charge is 0.207 e. The Morgan fingerprint density at radius 3 is 2.53 bits per heavy atom. The molecule has 7 nitrogen and oxygen atoms in total. The number of methoxy groups -OCH3 is 1. The van der Waals surface area contributed by atoms with Crippen LogP contribution in [-0.2, 0) is 6.67 Å². The van der Waals surface area contributed by atoms with Crippen LogP contribution in [0.2, 0.25) is 0 Å². The molecule has 1 saturated heterocycles. The molecular weight excluding hydrogens is 398 g/mol. The van der Waals surface area contributed by atoms with Crippen molar-refractivity contribution in [2.75, 3.05) is 38.2 Å². The van der Waals surface area contributed by atoms with Crippen molar-refractivity contribution >= 4 is 23.7 Å². The SMILES string of the molecule is COc1cccc(-n2cnn(C[NH+]3CCN(c4ccc(C(C)=O)cc4)CC3)c2=S)c1. The number of Topliss-reactive ketones (excluding diaryl/α,β-unsaturated/α-hetero) is 1. The van der Waals surface area contributed by atoms with Gasteiger partial charge in [0.05, 0.1) is 39.0 Å². The molecule has 30 heavy (non-hydrogen) atoms. The van der Waals surface area contributed by atoms with Crippen LogP contribution in [0.25, 0.3) is 5.69 Å². The highest BCUT2D eigenvalue weighted by Gasteiger charge is 2.21. The molecule has 4 rings (SSSR count). The number of piperazine rings is 1. The van der Waals surface area contributed by atoms with Crippen molar-refractivity contribution in [1.82, 2.24) is 14.3 Å². The topological polar surface area (TPSA) is 56.7 Å². The van der Waals surface area contributed by atoms with Crippen molar-refractivity contribution in [3.63, 3.8) is 0 Å². The van der Waals surface area contributed by atoms with E-state index in [9.17, 15) is 4.79 Å². The highest BCUT2D eigenvalue weighted by molar-refractivity contribution is 7.71. The second kappa shape index (κ2) is 8.81. The summed E-state index contributed by atoms with van der Waals surface area (Å²) in [5.74, 6) is 0.890. The molecule has 1 fully saturated rings. The van der Waals surface area contributed by atoms with E-state index in [4.69, 9.17) is 17.0 Å². The highest BCUT2D eigenvalue weighted by Crippen LogP contribution is 2.17. The quantitative estimate of drug-likeness (QED) is 0.484. The summed E-state index contributed by atoms with van der Waals surface area (Å²) in [7, 11) is 1.66. The summed E-state index contributed by atoms with van der Waals surface area (Å²) in [6, 6.07) is 15.7. The van der Waals surface area contributed by atoms with Gasteiger partial charge in [-0.15, -0.1) is 0 Å². The minimum Gasteiger partial charge on any atom is -0.497 e. The van der Waals surface area contributed by atoms with Crippen LogP contribution in [0.15, 0.2) is 54.9 Å². The van der Waals surface area contributed by atoms with E-state index in [2.05, 4.69) is 10.00 Å². The van der Waals surface area contributed by atoms with E-state index in [-0.39, 0.29) is 5.78 Å². The molecule has 0 atom stereocenters. The second-order valence-corrected chi connectivity index (χ2v) is 7.85. The number of hydrogen-bond acceptors (Lipinski definition) is 5. The van der Waals surface area contributed by atoms with Gasteiger partial charge in [-0.2, -0.15) is 9.78 Å². The summed E-state index contributed by atoms with van der Waals surface area (Å²) in [6.07, 6.45) is 1.77. The Hall–Kier alpha value is -2.97. The molecule has 0 radical (unpaired) electrons. The van der Waals surface area contributed by atoms with Crippen LogP contribution in [0.4, 0.5) is 5.69 Å². The van der Waals surface area contributed by atoms with Crippen LogP contribution in [0.3, 0.4) is 0 Å². The summed E-state index contributed by atoms with van der Waals surface area (Å²) in [4.78, 5) is 15.3. The number of carbonyl (C=O) groups excluding carboxylic acids is 1. The average Bonchev–Trinajstić information content (AvgIpc) is 3.14. The molecule has 0 saturated carbocycles. The van der Waals surface area contributed by atoms with Crippen molar-refractivity contribution < 1.29 is 14.4 Å². The van der Waals surface area contributed by atoms with Gasteiger partial charge >= 0.3 is 0 Å². The third kappa shape index (κ3) is 4.29. The van der Waals surface area contributed by atoms with Gasteiger partial charge in [0.15, 0.2) is 12.5 Å². The molecule has 3 aromatic rings. The molecule has 156 valence electrons. The summed E-state index contributed by atoms with van der Waals surface area (Å²) in [6.45, 7) is 6.26. The monoisotopic (exact) mass is 424 g/mol. The predicted molar refractivity (Wildman–Crippen MR) is 118 cm³/mol. The number of aromatic nitrogens is 3. The number of rotatable bonds is 6. The van der Waals surface area contributed by atoms with Gasteiger partial charge in [-0.05, 0) is 55.5 Å². The first-order chi connectivity index (χ1) is 14.5. The molecule has 2 heterocycles. The molecule has 0 aliphatic carbocycles. The van der Waals surface area contributed by atoms with E-state index >= 15 is 0 Å². The number of ketones is 1. The van der Waals surface area contributed by atoms with Gasteiger partial charge in [-0.3, -0.25) is 9.36 Å². The number of carbonyl (C=O) groups is 1. The van der Waals surface area contributed by atoms with Gasteiger partial charge in [0.25, 0.3) is 0 Å². The summed E-state index contributed by atoms with van der Waals surface area (Å²) in [5.41, 5.74) is 2.86. The average molecular weight is 425 g/mol. The molecule has 1 N–H and O–H groups in total.